The number of ether oxygens (including phenoxy) is 1. The Morgan fingerprint density at radius 2 is 1.77 bits per heavy atom. The van der Waals surface area contributed by atoms with E-state index in [4.69, 9.17) is 27.9 Å². The number of likely N-dealkylation sites (N-methyl/N-ethyl adjacent to an activating group) is 1. The summed E-state index contributed by atoms with van der Waals surface area (Å²) in [7, 11) is 1.71. The molecule has 0 saturated carbocycles. The molecule has 0 radical (unpaired) electrons. The summed E-state index contributed by atoms with van der Waals surface area (Å²) >= 11 is 12.3. The van der Waals surface area contributed by atoms with Crippen LogP contribution >= 0.6 is 23.2 Å². The molecule has 0 saturated heterocycles. The van der Waals surface area contributed by atoms with E-state index >= 15 is 0 Å². The number of carbonyl (C=O) groups excluding carboxylic acids is 1. The monoisotopic (exact) mass is 439 g/mol. The van der Waals surface area contributed by atoms with Crippen LogP contribution < -0.4 is 4.90 Å². The van der Waals surface area contributed by atoms with Crippen molar-refractivity contribution in [1.82, 2.24) is 9.97 Å². The van der Waals surface area contributed by atoms with E-state index in [0.717, 1.165) is 16.6 Å². The average Bonchev–Trinajstić information content (AvgIpc) is 3.17. The van der Waals surface area contributed by atoms with Crippen molar-refractivity contribution < 1.29 is 9.53 Å². The lowest BCUT2D eigenvalue weighted by Crippen LogP contribution is -2.30. The largest absolute Gasteiger partial charge is 0.367 e. The lowest BCUT2D eigenvalue weighted by atomic mass is 10.1. The predicted octanol–water partition coefficient (Wildman–Crippen LogP) is 5.72. The van der Waals surface area contributed by atoms with Gasteiger partial charge in [-0.3, -0.25) is 4.79 Å². The number of benzene rings is 3. The molecule has 0 fully saturated rings. The van der Waals surface area contributed by atoms with Gasteiger partial charge in [0, 0.05) is 22.7 Å². The first-order valence-electron chi connectivity index (χ1n) is 9.34. The van der Waals surface area contributed by atoms with Crippen LogP contribution in [0.3, 0.4) is 0 Å². The van der Waals surface area contributed by atoms with Gasteiger partial charge in [0.25, 0.3) is 5.91 Å². The molecule has 0 atom stereocenters. The number of imidazole rings is 1. The van der Waals surface area contributed by atoms with Crippen LogP contribution in [0.2, 0.25) is 10.0 Å². The van der Waals surface area contributed by atoms with Gasteiger partial charge in [0.1, 0.15) is 12.4 Å². The highest BCUT2D eigenvalue weighted by atomic mass is 35.5. The van der Waals surface area contributed by atoms with Crippen molar-refractivity contribution in [3.05, 3.63) is 82.3 Å². The molecule has 152 valence electrons. The highest BCUT2D eigenvalue weighted by molar-refractivity contribution is 6.31. The molecule has 0 spiro atoms. The summed E-state index contributed by atoms with van der Waals surface area (Å²) < 4.78 is 5.60. The fourth-order valence-corrected chi connectivity index (χ4v) is 3.51. The van der Waals surface area contributed by atoms with Gasteiger partial charge in [-0.1, -0.05) is 53.5 Å². The number of hydrogen-bond acceptors (Lipinski definition) is 3. The van der Waals surface area contributed by atoms with Crippen molar-refractivity contribution in [1.29, 1.82) is 0 Å². The molecule has 1 N–H and O–H groups in total. The highest BCUT2D eigenvalue weighted by Gasteiger charge is 2.18. The molecule has 0 aliphatic rings. The molecule has 5 nitrogen and oxygen atoms in total. The Labute approximate surface area is 184 Å². The Morgan fingerprint density at radius 3 is 2.57 bits per heavy atom. The second kappa shape index (κ2) is 8.88. The summed E-state index contributed by atoms with van der Waals surface area (Å²) in [5, 5.41) is 1.17. The molecule has 1 heterocycles. The van der Waals surface area contributed by atoms with E-state index in [1.165, 1.54) is 0 Å². The first-order chi connectivity index (χ1) is 14.5. The van der Waals surface area contributed by atoms with Crippen LogP contribution in [-0.4, -0.2) is 29.5 Å². The Kier molecular flexibility index (Phi) is 6.04. The zero-order valence-corrected chi connectivity index (χ0v) is 17.7. The van der Waals surface area contributed by atoms with Crippen molar-refractivity contribution >= 4 is 45.8 Å². The number of H-pyrrole nitrogens is 1. The van der Waals surface area contributed by atoms with E-state index in [2.05, 4.69) is 9.97 Å². The number of anilines is 1. The third-order valence-electron chi connectivity index (χ3n) is 4.73. The van der Waals surface area contributed by atoms with Crippen LogP contribution in [0.25, 0.3) is 22.4 Å². The third-order valence-corrected chi connectivity index (χ3v) is 5.20. The number of fused-ring (bicyclic) bond motifs is 1. The number of nitrogens with zero attached hydrogens (tertiary/aromatic N) is 2. The van der Waals surface area contributed by atoms with Crippen LogP contribution in [0, 0.1) is 0 Å². The number of carbonyl (C=O) groups is 1. The van der Waals surface area contributed by atoms with E-state index in [9.17, 15) is 4.79 Å². The predicted molar refractivity (Wildman–Crippen MR) is 121 cm³/mol. The second-order valence-corrected chi connectivity index (χ2v) is 7.71. The van der Waals surface area contributed by atoms with Crippen LogP contribution in [0.15, 0.2) is 66.7 Å². The third kappa shape index (κ3) is 4.49. The lowest BCUT2D eigenvalue weighted by molar-refractivity contribution is -0.123. The van der Waals surface area contributed by atoms with E-state index in [1.807, 2.05) is 42.5 Å². The first-order valence-corrected chi connectivity index (χ1v) is 10.1. The quantitative estimate of drug-likeness (QED) is 0.418. The fourth-order valence-electron chi connectivity index (χ4n) is 3.16. The minimum Gasteiger partial charge on any atom is -0.367 e. The van der Waals surface area contributed by atoms with E-state index in [-0.39, 0.29) is 12.5 Å². The summed E-state index contributed by atoms with van der Waals surface area (Å²) in [6, 6.07) is 20.5. The number of nitrogens with one attached hydrogen (secondary N) is 1. The zero-order valence-electron chi connectivity index (χ0n) is 16.2. The number of hydrogen-bond donors (Lipinski definition) is 1. The smallest absolute Gasteiger partial charge is 0.252 e. The molecule has 1 amide bonds. The molecule has 30 heavy (non-hydrogen) atoms. The number of rotatable bonds is 6. The Bertz CT molecular complexity index is 1190. The summed E-state index contributed by atoms with van der Waals surface area (Å²) in [6.45, 7) is 0.335. The van der Waals surface area contributed by atoms with Gasteiger partial charge in [0.05, 0.1) is 23.3 Å². The number of aromatic nitrogens is 2. The molecular formula is C23H19Cl2N3O2. The molecule has 4 aromatic rings. The minimum atomic E-state index is -0.173. The SMILES string of the molecule is CN(C(=O)COCc1ccccc1)c1ccc(Cl)cc1-c1nc2ccc(Cl)cc2[nH]1. The van der Waals surface area contributed by atoms with Gasteiger partial charge in [0.2, 0.25) is 0 Å². The maximum atomic E-state index is 12.7. The highest BCUT2D eigenvalue weighted by Crippen LogP contribution is 2.33. The van der Waals surface area contributed by atoms with E-state index in [0.29, 0.717) is 33.7 Å². The van der Waals surface area contributed by atoms with Crippen molar-refractivity contribution in [2.45, 2.75) is 6.61 Å². The summed E-state index contributed by atoms with van der Waals surface area (Å²) in [4.78, 5) is 22.2. The fraction of sp³-hybridized carbons (Fsp3) is 0.130. The second-order valence-electron chi connectivity index (χ2n) is 6.84. The number of aromatic amines is 1. The standard InChI is InChI=1S/C23H19Cl2N3O2/c1-28(22(29)14-30-13-15-5-3-2-4-6-15)21-10-8-16(24)11-18(21)23-26-19-9-7-17(25)12-20(19)27-23/h2-12H,13-14H2,1H3,(H,26,27). The van der Waals surface area contributed by atoms with Gasteiger partial charge in [-0.15, -0.1) is 0 Å². The van der Waals surface area contributed by atoms with Crippen LogP contribution in [-0.2, 0) is 16.1 Å². The van der Waals surface area contributed by atoms with Gasteiger partial charge in [-0.2, -0.15) is 0 Å². The van der Waals surface area contributed by atoms with Crippen molar-refractivity contribution in [3.8, 4) is 11.4 Å². The van der Waals surface area contributed by atoms with Crippen molar-refractivity contribution in [2.24, 2.45) is 0 Å². The maximum absolute atomic E-state index is 12.7. The lowest BCUT2D eigenvalue weighted by Gasteiger charge is -2.20. The molecule has 0 bridgehead atoms. The summed E-state index contributed by atoms with van der Waals surface area (Å²) in [5.41, 5.74) is 4.00. The maximum Gasteiger partial charge on any atom is 0.252 e. The van der Waals surface area contributed by atoms with Crippen LogP contribution in [0.4, 0.5) is 5.69 Å². The molecule has 0 aliphatic carbocycles. The molecule has 0 aliphatic heterocycles. The molecule has 3 aromatic carbocycles. The van der Waals surface area contributed by atoms with E-state index < -0.39 is 0 Å². The molecule has 1 aromatic heterocycles. The average molecular weight is 440 g/mol. The Morgan fingerprint density at radius 1 is 1.03 bits per heavy atom. The first kappa shape index (κ1) is 20.4. The van der Waals surface area contributed by atoms with Crippen LogP contribution in [0.1, 0.15) is 5.56 Å². The van der Waals surface area contributed by atoms with Crippen molar-refractivity contribution in [3.63, 3.8) is 0 Å². The Balaban J connectivity index is 1.56. The van der Waals surface area contributed by atoms with E-state index in [1.54, 1.807) is 36.2 Å². The minimum absolute atomic E-state index is 0.0385. The zero-order chi connectivity index (χ0) is 21.1. The molecule has 7 heteroatoms. The topological polar surface area (TPSA) is 58.2 Å². The molecule has 4 rings (SSSR count). The summed E-state index contributed by atoms with van der Waals surface area (Å²) in [5.74, 6) is 0.434. The normalized spacial score (nSPS) is 11.0. The van der Waals surface area contributed by atoms with Gasteiger partial charge >= 0.3 is 0 Å². The van der Waals surface area contributed by atoms with Crippen molar-refractivity contribution in [2.75, 3.05) is 18.6 Å². The number of halogens is 2. The molecular weight excluding hydrogens is 421 g/mol. The van der Waals surface area contributed by atoms with Gasteiger partial charge in [-0.25, -0.2) is 4.98 Å². The molecule has 0 unspecified atom stereocenters. The van der Waals surface area contributed by atoms with Gasteiger partial charge < -0.3 is 14.6 Å². The summed E-state index contributed by atoms with van der Waals surface area (Å²) in [6.07, 6.45) is 0. The van der Waals surface area contributed by atoms with Gasteiger partial charge in [0.15, 0.2) is 0 Å². The Hall–Kier alpha value is -2.86. The van der Waals surface area contributed by atoms with Gasteiger partial charge in [-0.05, 0) is 42.0 Å². The number of amides is 1. The van der Waals surface area contributed by atoms with Crippen LogP contribution in [0.5, 0.6) is 0 Å².